The lowest BCUT2D eigenvalue weighted by atomic mass is 9.88. The van der Waals surface area contributed by atoms with Crippen molar-refractivity contribution < 1.29 is 14.3 Å². The third kappa shape index (κ3) is 1.75. The number of carbonyl (C=O) groups is 1. The van der Waals surface area contributed by atoms with Gasteiger partial charge in [-0.1, -0.05) is 0 Å². The van der Waals surface area contributed by atoms with Crippen molar-refractivity contribution in [1.29, 1.82) is 0 Å². The summed E-state index contributed by atoms with van der Waals surface area (Å²) in [4.78, 5) is 13.7. The predicted molar refractivity (Wildman–Crippen MR) is 64.4 cm³/mol. The molecule has 1 aliphatic carbocycles. The maximum atomic E-state index is 12.9. The number of likely N-dealkylation sites (tertiary alicyclic amines) is 1. The highest BCUT2D eigenvalue weighted by molar-refractivity contribution is 5.99. The number of β-amino-alcohol motifs (C(OH)–C–C–N with tert-alkyl or cyclic N) is 1. The van der Waals surface area contributed by atoms with Crippen LogP contribution < -0.4 is 5.73 Å². The van der Waals surface area contributed by atoms with Crippen molar-refractivity contribution in [3.63, 3.8) is 0 Å². The molecule has 1 saturated carbocycles. The normalized spacial score (nSPS) is 21.6. The largest absolute Gasteiger partial charge is 0.398 e. The standard InChI is InChI=1S/C13H15FN2O2/c14-9-3-4-10(11(15)5-9)12(17)16-6-13(18,7-16)8-1-2-8/h3-5,8,18H,1-2,6-7,15H2. The van der Waals surface area contributed by atoms with Crippen LogP contribution in [-0.2, 0) is 0 Å². The van der Waals surface area contributed by atoms with Gasteiger partial charge in [-0.3, -0.25) is 4.79 Å². The fourth-order valence-electron chi connectivity index (χ4n) is 2.54. The van der Waals surface area contributed by atoms with Crippen LogP contribution in [0.25, 0.3) is 0 Å². The summed E-state index contributed by atoms with van der Waals surface area (Å²) in [6, 6.07) is 3.75. The van der Waals surface area contributed by atoms with Crippen LogP contribution in [0.3, 0.4) is 0 Å². The van der Waals surface area contributed by atoms with Gasteiger partial charge in [0.1, 0.15) is 11.4 Å². The van der Waals surface area contributed by atoms with Crippen molar-refractivity contribution in [3.8, 4) is 0 Å². The van der Waals surface area contributed by atoms with E-state index < -0.39 is 11.4 Å². The van der Waals surface area contributed by atoms with Crippen LogP contribution in [0.1, 0.15) is 23.2 Å². The molecule has 3 N–H and O–H groups in total. The molecular formula is C13H15FN2O2. The van der Waals surface area contributed by atoms with Gasteiger partial charge < -0.3 is 15.7 Å². The van der Waals surface area contributed by atoms with E-state index in [1.807, 2.05) is 0 Å². The zero-order valence-electron chi connectivity index (χ0n) is 9.90. The van der Waals surface area contributed by atoms with Gasteiger partial charge in [0.15, 0.2) is 0 Å². The number of nitrogens with zero attached hydrogens (tertiary/aromatic N) is 1. The van der Waals surface area contributed by atoms with E-state index in [9.17, 15) is 14.3 Å². The van der Waals surface area contributed by atoms with Gasteiger partial charge >= 0.3 is 0 Å². The number of benzene rings is 1. The first-order valence-corrected chi connectivity index (χ1v) is 6.06. The van der Waals surface area contributed by atoms with Gasteiger partial charge in [0.25, 0.3) is 5.91 Å². The van der Waals surface area contributed by atoms with Crippen LogP contribution in [0.15, 0.2) is 18.2 Å². The zero-order valence-corrected chi connectivity index (χ0v) is 9.90. The lowest BCUT2D eigenvalue weighted by molar-refractivity contribution is -0.0957. The number of aliphatic hydroxyl groups is 1. The van der Waals surface area contributed by atoms with Crippen molar-refractivity contribution in [1.82, 2.24) is 4.90 Å². The molecule has 0 radical (unpaired) electrons. The topological polar surface area (TPSA) is 66.6 Å². The molecule has 96 valence electrons. The van der Waals surface area contributed by atoms with Crippen LogP contribution >= 0.6 is 0 Å². The fraction of sp³-hybridized carbons (Fsp3) is 0.462. The second-order valence-electron chi connectivity index (χ2n) is 5.27. The summed E-state index contributed by atoms with van der Waals surface area (Å²) in [5.74, 6) is -0.355. The molecule has 3 rings (SSSR count). The molecule has 0 aromatic heterocycles. The van der Waals surface area contributed by atoms with Gasteiger partial charge in [0.05, 0.1) is 18.7 Å². The first-order valence-electron chi connectivity index (χ1n) is 6.06. The molecular weight excluding hydrogens is 235 g/mol. The molecule has 1 aromatic rings. The first-order chi connectivity index (χ1) is 8.49. The maximum Gasteiger partial charge on any atom is 0.256 e. The van der Waals surface area contributed by atoms with Crippen LogP contribution in [0.2, 0.25) is 0 Å². The molecule has 1 amide bonds. The molecule has 18 heavy (non-hydrogen) atoms. The zero-order chi connectivity index (χ0) is 12.9. The Bertz CT molecular complexity index is 508. The molecule has 1 heterocycles. The molecule has 1 aliphatic heterocycles. The average Bonchev–Trinajstić information content (AvgIpc) is 3.08. The van der Waals surface area contributed by atoms with Gasteiger partial charge in [-0.15, -0.1) is 0 Å². The molecule has 1 saturated heterocycles. The minimum absolute atomic E-state index is 0.141. The van der Waals surface area contributed by atoms with E-state index in [0.29, 0.717) is 24.6 Å². The predicted octanol–water partition coefficient (Wildman–Crippen LogP) is 1.00. The summed E-state index contributed by atoms with van der Waals surface area (Å²) in [6.07, 6.45) is 2.08. The van der Waals surface area contributed by atoms with Crippen LogP contribution in [-0.4, -0.2) is 34.6 Å². The van der Waals surface area contributed by atoms with Crippen molar-refractivity contribution >= 4 is 11.6 Å². The summed E-state index contributed by atoms with van der Waals surface area (Å²) < 4.78 is 12.9. The van der Waals surface area contributed by atoms with Crippen molar-refractivity contribution in [2.24, 2.45) is 5.92 Å². The van der Waals surface area contributed by atoms with Gasteiger partial charge in [-0.2, -0.15) is 0 Å². The van der Waals surface area contributed by atoms with E-state index in [4.69, 9.17) is 5.73 Å². The molecule has 2 fully saturated rings. The van der Waals surface area contributed by atoms with Crippen LogP contribution in [0.4, 0.5) is 10.1 Å². The van der Waals surface area contributed by atoms with Gasteiger partial charge in [-0.05, 0) is 37.0 Å². The molecule has 0 spiro atoms. The first kappa shape index (κ1) is 11.5. The Labute approximate surface area is 104 Å². The van der Waals surface area contributed by atoms with Gasteiger partial charge in [-0.25, -0.2) is 4.39 Å². The van der Waals surface area contributed by atoms with Crippen LogP contribution in [0.5, 0.6) is 0 Å². The number of carbonyl (C=O) groups excluding carboxylic acids is 1. The van der Waals surface area contributed by atoms with Crippen molar-refractivity contribution in [2.75, 3.05) is 18.8 Å². The Kier molecular flexibility index (Phi) is 2.35. The van der Waals surface area contributed by atoms with E-state index in [0.717, 1.165) is 18.9 Å². The summed E-state index contributed by atoms with van der Waals surface area (Å²) in [7, 11) is 0. The quantitative estimate of drug-likeness (QED) is 0.770. The summed E-state index contributed by atoms with van der Waals surface area (Å²) >= 11 is 0. The number of rotatable bonds is 2. The number of halogens is 1. The molecule has 0 atom stereocenters. The minimum Gasteiger partial charge on any atom is -0.398 e. The van der Waals surface area contributed by atoms with Gasteiger partial charge in [0, 0.05) is 5.69 Å². The van der Waals surface area contributed by atoms with Crippen molar-refractivity contribution in [3.05, 3.63) is 29.6 Å². The lowest BCUT2D eigenvalue weighted by Crippen LogP contribution is -2.64. The monoisotopic (exact) mass is 250 g/mol. The van der Waals surface area contributed by atoms with Gasteiger partial charge in [0.2, 0.25) is 0 Å². The van der Waals surface area contributed by atoms with E-state index in [1.165, 1.54) is 12.1 Å². The Morgan fingerprint density at radius 3 is 2.67 bits per heavy atom. The Morgan fingerprint density at radius 1 is 1.44 bits per heavy atom. The number of hydrogen-bond acceptors (Lipinski definition) is 3. The van der Waals surface area contributed by atoms with Crippen LogP contribution in [0, 0.1) is 11.7 Å². The second-order valence-corrected chi connectivity index (χ2v) is 5.27. The molecule has 4 nitrogen and oxygen atoms in total. The average molecular weight is 250 g/mol. The highest BCUT2D eigenvalue weighted by atomic mass is 19.1. The number of anilines is 1. The highest BCUT2D eigenvalue weighted by Gasteiger charge is 2.53. The second kappa shape index (κ2) is 3.68. The smallest absolute Gasteiger partial charge is 0.256 e. The van der Waals surface area contributed by atoms with E-state index in [-0.39, 0.29) is 11.6 Å². The minimum atomic E-state index is -0.704. The maximum absolute atomic E-state index is 12.9. The van der Waals surface area contributed by atoms with E-state index in [1.54, 1.807) is 4.90 Å². The lowest BCUT2D eigenvalue weighted by Gasteiger charge is -2.47. The number of hydrogen-bond donors (Lipinski definition) is 2. The Hall–Kier alpha value is -1.62. The third-order valence-electron chi connectivity index (χ3n) is 3.80. The summed E-state index contributed by atoms with van der Waals surface area (Å²) in [5.41, 5.74) is 5.37. The summed E-state index contributed by atoms with van der Waals surface area (Å²) in [5, 5.41) is 10.1. The van der Waals surface area contributed by atoms with E-state index in [2.05, 4.69) is 0 Å². The van der Waals surface area contributed by atoms with E-state index >= 15 is 0 Å². The third-order valence-corrected chi connectivity index (χ3v) is 3.80. The number of nitrogen functional groups attached to an aromatic ring is 1. The Balaban J connectivity index is 1.72. The summed E-state index contributed by atoms with van der Waals surface area (Å²) in [6.45, 7) is 0.709. The molecule has 0 bridgehead atoms. The molecule has 5 heteroatoms. The SMILES string of the molecule is Nc1cc(F)ccc1C(=O)N1CC(O)(C2CC2)C1. The number of nitrogens with two attached hydrogens (primary N) is 1. The highest BCUT2D eigenvalue weighted by Crippen LogP contribution is 2.44. The number of amides is 1. The van der Waals surface area contributed by atoms with Crippen molar-refractivity contribution in [2.45, 2.75) is 18.4 Å². The Morgan fingerprint density at radius 2 is 2.11 bits per heavy atom. The molecule has 0 unspecified atom stereocenters. The molecule has 1 aromatic carbocycles. The molecule has 2 aliphatic rings. The fourth-order valence-corrected chi connectivity index (χ4v) is 2.54.